The Bertz CT molecular complexity index is 701. The molecule has 2 rings (SSSR count). The molecule has 2 N–H and O–H groups in total. The molecule has 2 aromatic rings. The Morgan fingerprint density at radius 3 is 2.42 bits per heavy atom. The first-order chi connectivity index (χ1) is 11.4. The molecular formula is C17H18Br2N2O2S. The molecule has 0 spiro atoms. The number of halogens is 2. The fraction of sp³-hybridized carbons (Fsp3) is 0.294. The van der Waals surface area contributed by atoms with E-state index in [0.717, 1.165) is 20.2 Å². The largest absolute Gasteiger partial charge is 0.356 e. The number of carbonyl (C=O) groups excluding carboxylic acids is 2. The second-order valence-electron chi connectivity index (χ2n) is 5.31. The van der Waals surface area contributed by atoms with Crippen molar-refractivity contribution in [3.05, 3.63) is 55.1 Å². The number of hydrogen-bond acceptors (Lipinski definition) is 3. The maximum atomic E-state index is 12.2. The Labute approximate surface area is 162 Å². The summed E-state index contributed by atoms with van der Waals surface area (Å²) in [5.74, 6) is -0.230. The SMILES string of the molecule is CC(=O)NC(CC(=O)NCCc1ccc(Br)s1)c1ccc(Br)cc1. The van der Waals surface area contributed by atoms with Crippen LogP contribution in [0.25, 0.3) is 0 Å². The minimum absolute atomic E-state index is 0.0766. The first-order valence-corrected chi connectivity index (χ1v) is 9.88. The number of thiophene rings is 1. The number of hydrogen-bond donors (Lipinski definition) is 2. The Balaban J connectivity index is 1.89. The quantitative estimate of drug-likeness (QED) is 0.633. The van der Waals surface area contributed by atoms with Gasteiger partial charge in [0.1, 0.15) is 0 Å². The van der Waals surface area contributed by atoms with Gasteiger partial charge in [0.2, 0.25) is 11.8 Å². The summed E-state index contributed by atoms with van der Waals surface area (Å²) in [5.41, 5.74) is 0.908. The second-order valence-corrected chi connectivity index (χ2v) is 8.78. The molecule has 0 aliphatic heterocycles. The number of rotatable bonds is 7. The maximum Gasteiger partial charge on any atom is 0.222 e. The minimum atomic E-state index is -0.327. The molecule has 0 fully saturated rings. The third-order valence-corrected chi connectivity index (χ3v) is 5.57. The van der Waals surface area contributed by atoms with Gasteiger partial charge in [-0.05, 0) is 52.2 Å². The van der Waals surface area contributed by atoms with Crippen LogP contribution in [0.4, 0.5) is 0 Å². The molecule has 1 atom stereocenters. The van der Waals surface area contributed by atoms with E-state index in [-0.39, 0.29) is 24.3 Å². The van der Waals surface area contributed by atoms with Crippen molar-refractivity contribution in [2.24, 2.45) is 0 Å². The summed E-state index contributed by atoms with van der Waals surface area (Å²) in [5, 5.41) is 5.76. The Hall–Kier alpha value is -1.18. The lowest BCUT2D eigenvalue weighted by Gasteiger charge is -2.18. The lowest BCUT2D eigenvalue weighted by molar-refractivity contribution is -0.122. The van der Waals surface area contributed by atoms with Gasteiger partial charge < -0.3 is 10.6 Å². The Kier molecular flexibility index (Phi) is 7.45. The summed E-state index contributed by atoms with van der Waals surface area (Å²) in [6, 6.07) is 11.3. The van der Waals surface area contributed by atoms with Crippen molar-refractivity contribution in [1.29, 1.82) is 0 Å². The van der Waals surface area contributed by atoms with Crippen LogP contribution in [0.3, 0.4) is 0 Å². The second kappa shape index (κ2) is 9.34. The minimum Gasteiger partial charge on any atom is -0.356 e. The predicted molar refractivity (Wildman–Crippen MR) is 104 cm³/mol. The van der Waals surface area contributed by atoms with Crippen LogP contribution >= 0.6 is 43.2 Å². The van der Waals surface area contributed by atoms with E-state index in [2.05, 4.69) is 42.5 Å². The topological polar surface area (TPSA) is 58.2 Å². The average molecular weight is 474 g/mol. The van der Waals surface area contributed by atoms with E-state index >= 15 is 0 Å². The van der Waals surface area contributed by atoms with Crippen LogP contribution in [0, 0.1) is 0 Å². The molecular weight excluding hydrogens is 456 g/mol. The molecule has 1 heterocycles. The van der Waals surface area contributed by atoms with Crippen LogP contribution in [-0.2, 0) is 16.0 Å². The molecule has 7 heteroatoms. The van der Waals surface area contributed by atoms with Gasteiger partial charge in [0.05, 0.1) is 16.2 Å². The van der Waals surface area contributed by atoms with Crippen molar-refractivity contribution >= 4 is 55.0 Å². The van der Waals surface area contributed by atoms with Crippen LogP contribution in [-0.4, -0.2) is 18.4 Å². The van der Waals surface area contributed by atoms with E-state index in [1.807, 2.05) is 36.4 Å². The normalized spacial score (nSPS) is 11.8. The van der Waals surface area contributed by atoms with Crippen molar-refractivity contribution < 1.29 is 9.59 Å². The summed E-state index contributed by atoms with van der Waals surface area (Å²) in [6.45, 7) is 2.04. The van der Waals surface area contributed by atoms with Gasteiger partial charge in [0.15, 0.2) is 0 Å². The molecule has 2 amide bonds. The van der Waals surface area contributed by atoms with Crippen LogP contribution in [0.1, 0.15) is 29.8 Å². The highest BCUT2D eigenvalue weighted by Gasteiger charge is 2.17. The predicted octanol–water partition coefficient (Wildman–Crippen LogP) is 4.20. The smallest absolute Gasteiger partial charge is 0.222 e. The van der Waals surface area contributed by atoms with Crippen LogP contribution in [0.15, 0.2) is 44.7 Å². The van der Waals surface area contributed by atoms with Gasteiger partial charge >= 0.3 is 0 Å². The standard InChI is InChI=1S/C17H18Br2N2O2S/c1-11(22)21-15(12-2-4-13(18)5-3-12)10-17(23)20-9-8-14-6-7-16(19)24-14/h2-7,15H,8-10H2,1H3,(H,20,23)(H,21,22). The van der Waals surface area contributed by atoms with Crippen LogP contribution in [0.5, 0.6) is 0 Å². The Morgan fingerprint density at radius 1 is 1.12 bits per heavy atom. The lowest BCUT2D eigenvalue weighted by Crippen LogP contribution is -2.33. The first-order valence-electron chi connectivity index (χ1n) is 7.47. The summed E-state index contributed by atoms with van der Waals surface area (Å²) in [4.78, 5) is 24.8. The molecule has 0 bridgehead atoms. The van der Waals surface area contributed by atoms with E-state index in [9.17, 15) is 9.59 Å². The van der Waals surface area contributed by atoms with Crippen molar-refractivity contribution in [3.63, 3.8) is 0 Å². The highest BCUT2D eigenvalue weighted by atomic mass is 79.9. The van der Waals surface area contributed by atoms with Gasteiger partial charge in [-0.15, -0.1) is 11.3 Å². The van der Waals surface area contributed by atoms with Gasteiger partial charge in [-0.25, -0.2) is 0 Å². The van der Waals surface area contributed by atoms with E-state index in [1.165, 1.54) is 11.8 Å². The van der Waals surface area contributed by atoms with Crippen molar-refractivity contribution in [2.75, 3.05) is 6.54 Å². The van der Waals surface area contributed by atoms with Crippen molar-refractivity contribution in [2.45, 2.75) is 25.8 Å². The van der Waals surface area contributed by atoms with Gasteiger partial charge in [0, 0.05) is 22.8 Å². The number of amides is 2. The van der Waals surface area contributed by atoms with E-state index in [4.69, 9.17) is 0 Å². The highest BCUT2D eigenvalue weighted by Crippen LogP contribution is 2.22. The number of benzene rings is 1. The summed E-state index contributed by atoms with van der Waals surface area (Å²) >= 11 is 8.48. The molecule has 0 radical (unpaired) electrons. The first kappa shape index (κ1) is 19.1. The van der Waals surface area contributed by atoms with Gasteiger partial charge in [-0.2, -0.15) is 0 Å². The van der Waals surface area contributed by atoms with Gasteiger partial charge in [-0.3, -0.25) is 9.59 Å². The summed E-state index contributed by atoms with van der Waals surface area (Å²) in [7, 11) is 0. The zero-order valence-corrected chi connectivity index (χ0v) is 17.1. The lowest BCUT2D eigenvalue weighted by atomic mass is 10.0. The molecule has 1 aromatic carbocycles. The van der Waals surface area contributed by atoms with Crippen LogP contribution < -0.4 is 10.6 Å². The zero-order valence-electron chi connectivity index (χ0n) is 13.1. The third-order valence-electron chi connectivity index (χ3n) is 3.36. The number of nitrogens with one attached hydrogen (secondary N) is 2. The fourth-order valence-corrected chi connectivity index (χ4v) is 4.01. The van der Waals surface area contributed by atoms with Gasteiger partial charge in [0.25, 0.3) is 0 Å². The molecule has 128 valence electrons. The third kappa shape index (κ3) is 6.37. The molecule has 0 aliphatic carbocycles. The summed E-state index contributed by atoms with van der Waals surface area (Å²) in [6.07, 6.45) is 1.01. The molecule has 4 nitrogen and oxygen atoms in total. The van der Waals surface area contributed by atoms with E-state index < -0.39 is 0 Å². The highest BCUT2D eigenvalue weighted by molar-refractivity contribution is 9.11. The van der Waals surface area contributed by atoms with E-state index in [0.29, 0.717) is 6.54 Å². The molecule has 1 aromatic heterocycles. The monoisotopic (exact) mass is 472 g/mol. The number of carbonyl (C=O) groups is 2. The molecule has 0 saturated heterocycles. The molecule has 0 aliphatic rings. The summed E-state index contributed by atoms with van der Waals surface area (Å²) < 4.78 is 2.05. The van der Waals surface area contributed by atoms with Crippen LogP contribution in [0.2, 0.25) is 0 Å². The van der Waals surface area contributed by atoms with E-state index in [1.54, 1.807) is 11.3 Å². The molecule has 0 saturated carbocycles. The van der Waals surface area contributed by atoms with Gasteiger partial charge in [-0.1, -0.05) is 28.1 Å². The molecule has 24 heavy (non-hydrogen) atoms. The van der Waals surface area contributed by atoms with Crippen molar-refractivity contribution in [1.82, 2.24) is 10.6 Å². The molecule has 1 unspecified atom stereocenters. The maximum absolute atomic E-state index is 12.2. The Morgan fingerprint density at radius 2 is 1.83 bits per heavy atom. The fourth-order valence-electron chi connectivity index (χ4n) is 2.26. The van der Waals surface area contributed by atoms with Crippen molar-refractivity contribution in [3.8, 4) is 0 Å². The average Bonchev–Trinajstić information content (AvgIpc) is 2.92. The zero-order chi connectivity index (χ0) is 17.5.